The topological polar surface area (TPSA) is 64.6 Å². The molecule has 0 aromatic heterocycles. The van der Waals surface area contributed by atoms with Crippen molar-refractivity contribution in [1.82, 2.24) is 5.32 Å². The number of hydrogen-bond donors (Lipinski definition) is 1. The predicted octanol–water partition coefficient (Wildman–Crippen LogP) is 0.974. The molecule has 1 N–H and O–H groups in total. The Balaban J connectivity index is 3.97. The van der Waals surface area contributed by atoms with Gasteiger partial charge in [-0.1, -0.05) is 13.8 Å². The summed E-state index contributed by atoms with van der Waals surface area (Å²) in [5, 5.41) is 1.92. The van der Waals surface area contributed by atoms with Crippen molar-refractivity contribution in [3.8, 4) is 0 Å². The molecule has 0 spiro atoms. The number of esters is 1. The Morgan fingerprint density at radius 2 is 1.94 bits per heavy atom. The summed E-state index contributed by atoms with van der Waals surface area (Å²) in [5.74, 6) is -7.35. The van der Waals surface area contributed by atoms with E-state index in [1.165, 1.54) is 6.92 Å². The van der Waals surface area contributed by atoms with E-state index in [1.54, 1.807) is 0 Å². The van der Waals surface area contributed by atoms with Crippen LogP contribution in [-0.2, 0) is 19.1 Å². The van der Waals surface area contributed by atoms with E-state index in [0.717, 1.165) is 0 Å². The van der Waals surface area contributed by atoms with E-state index in [9.17, 15) is 18.4 Å². The van der Waals surface area contributed by atoms with Gasteiger partial charge in [-0.2, -0.15) is 8.78 Å². The van der Waals surface area contributed by atoms with Gasteiger partial charge in [-0.05, 0) is 12.8 Å². The lowest BCUT2D eigenvalue weighted by atomic mass is 10.2. The average Bonchev–Trinajstić information content (AvgIpc) is 2.28. The van der Waals surface area contributed by atoms with E-state index in [2.05, 4.69) is 4.74 Å². The normalized spacial score (nSPS) is 11.4. The van der Waals surface area contributed by atoms with Gasteiger partial charge in [0.15, 0.2) is 0 Å². The van der Waals surface area contributed by atoms with Crippen LogP contribution in [0.15, 0.2) is 0 Å². The molecular formula is C11H19F2NO4. The third kappa shape index (κ3) is 5.90. The lowest BCUT2D eigenvalue weighted by Crippen LogP contribution is -2.47. The second-order valence-electron chi connectivity index (χ2n) is 4.02. The fourth-order valence-electron chi connectivity index (χ4n) is 0.981. The highest BCUT2D eigenvalue weighted by Gasteiger charge is 2.48. The second kappa shape index (κ2) is 7.97. The largest absolute Gasteiger partial charge is 0.461 e. The van der Waals surface area contributed by atoms with Crippen LogP contribution in [0.25, 0.3) is 0 Å². The number of rotatable bonds is 8. The SMILES string of the molecule is CCOC(=O)C(F)(F)C(=O)NCCOCC(C)C. The number of alkyl halides is 2. The smallest absolute Gasteiger partial charge is 0.418 e. The van der Waals surface area contributed by atoms with E-state index in [0.29, 0.717) is 12.5 Å². The number of carbonyl (C=O) groups is 2. The van der Waals surface area contributed by atoms with Crippen LogP contribution in [0.3, 0.4) is 0 Å². The molecule has 0 radical (unpaired) electrons. The maximum Gasteiger partial charge on any atom is 0.418 e. The van der Waals surface area contributed by atoms with Crippen molar-refractivity contribution in [3.63, 3.8) is 0 Å². The molecule has 0 saturated carbocycles. The summed E-state index contributed by atoms with van der Waals surface area (Å²) in [6.07, 6.45) is 0. The van der Waals surface area contributed by atoms with Crippen molar-refractivity contribution < 1.29 is 27.8 Å². The van der Waals surface area contributed by atoms with Gasteiger partial charge in [0.25, 0.3) is 0 Å². The van der Waals surface area contributed by atoms with Gasteiger partial charge in [0.2, 0.25) is 0 Å². The number of carbonyl (C=O) groups excluding carboxylic acids is 2. The third-order valence-corrected chi connectivity index (χ3v) is 1.80. The standard InChI is InChI=1S/C11H19F2NO4/c1-4-18-10(16)11(12,13)9(15)14-5-6-17-7-8(2)3/h8H,4-7H2,1-3H3,(H,14,15). The zero-order valence-electron chi connectivity index (χ0n) is 10.8. The van der Waals surface area contributed by atoms with Crippen LogP contribution in [0.5, 0.6) is 0 Å². The molecule has 5 nitrogen and oxygen atoms in total. The minimum Gasteiger partial charge on any atom is -0.461 e. The molecule has 0 aromatic rings. The molecule has 0 fully saturated rings. The van der Waals surface area contributed by atoms with Gasteiger partial charge in [-0.25, -0.2) is 4.79 Å². The zero-order chi connectivity index (χ0) is 14.2. The van der Waals surface area contributed by atoms with E-state index in [1.807, 2.05) is 19.2 Å². The third-order valence-electron chi connectivity index (χ3n) is 1.80. The van der Waals surface area contributed by atoms with Crippen LogP contribution in [0, 0.1) is 5.92 Å². The average molecular weight is 267 g/mol. The molecule has 0 atom stereocenters. The first kappa shape index (κ1) is 16.8. The van der Waals surface area contributed by atoms with Crippen molar-refractivity contribution in [2.45, 2.75) is 26.7 Å². The van der Waals surface area contributed by atoms with Crippen molar-refractivity contribution in [3.05, 3.63) is 0 Å². The van der Waals surface area contributed by atoms with Crippen LogP contribution in [0.2, 0.25) is 0 Å². The van der Waals surface area contributed by atoms with Gasteiger partial charge >= 0.3 is 17.8 Å². The molecule has 1 amide bonds. The summed E-state index contributed by atoms with van der Waals surface area (Å²) in [4.78, 5) is 21.9. The Morgan fingerprint density at radius 1 is 1.33 bits per heavy atom. The van der Waals surface area contributed by atoms with E-state index >= 15 is 0 Å². The molecule has 0 aromatic carbocycles. The van der Waals surface area contributed by atoms with Gasteiger partial charge < -0.3 is 14.8 Å². The second-order valence-corrected chi connectivity index (χ2v) is 4.02. The maximum atomic E-state index is 13.1. The predicted molar refractivity (Wildman–Crippen MR) is 60.2 cm³/mol. The quantitative estimate of drug-likeness (QED) is 0.404. The highest BCUT2D eigenvalue weighted by atomic mass is 19.3. The van der Waals surface area contributed by atoms with Gasteiger partial charge in [-0.15, -0.1) is 0 Å². The maximum absolute atomic E-state index is 13.1. The molecule has 0 aliphatic carbocycles. The van der Waals surface area contributed by atoms with E-state index < -0.39 is 17.8 Å². The highest BCUT2D eigenvalue weighted by Crippen LogP contribution is 2.15. The summed E-state index contributed by atoms with van der Waals surface area (Å²) >= 11 is 0. The lowest BCUT2D eigenvalue weighted by Gasteiger charge is -2.14. The number of amides is 1. The Kier molecular flexibility index (Phi) is 7.42. The Bertz CT molecular complexity index is 282. The van der Waals surface area contributed by atoms with Gasteiger partial charge in [-0.3, -0.25) is 4.79 Å². The molecule has 0 aliphatic heterocycles. The molecule has 0 bridgehead atoms. The first-order chi connectivity index (χ1) is 8.32. The highest BCUT2D eigenvalue weighted by molar-refractivity contribution is 6.04. The molecule has 106 valence electrons. The van der Waals surface area contributed by atoms with Crippen LogP contribution < -0.4 is 5.32 Å². The molecule has 0 aliphatic rings. The fraction of sp³-hybridized carbons (Fsp3) is 0.818. The van der Waals surface area contributed by atoms with E-state index in [-0.39, 0.29) is 19.8 Å². The first-order valence-electron chi connectivity index (χ1n) is 5.73. The summed E-state index contributed by atoms with van der Waals surface area (Å²) in [7, 11) is 0. The van der Waals surface area contributed by atoms with Crippen molar-refractivity contribution in [2.24, 2.45) is 5.92 Å². The van der Waals surface area contributed by atoms with Gasteiger partial charge in [0, 0.05) is 13.2 Å². The molecule has 0 saturated heterocycles. The molecule has 18 heavy (non-hydrogen) atoms. The van der Waals surface area contributed by atoms with Crippen molar-refractivity contribution in [2.75, 3.05) is 26.4 Å². The summed E-state index contributed by atoms with van der Waals surface area (Å²) in [5.41, 5.74) is 0. The van der Waals surface area contributed by atoms with Gasteiger partial charge in [0.05, 0.1) is 13.2 Å². The summed E-state index contributed by atoms with van der Waals surface area (Å²) in [6.45, 7) is 5.55. The zero-order valence-corrected chi connectivity index (χ0v) is 10.8. The minimum absolute atomic E-state index is 0.0828. The Labute approximate surface area is 105 Å². The first-order valence-corrected chi connectivity index (χ1v) is 5.73. The molecule has 0 rings (SSSR count). The summed E-state index contributed by atoms with van der Waals surface area (Å²) < 4.78 is 35.4. The molecule has 0 heterocycles. The number of nitrogens with one attached hydrogen (secondary N) is 1. The summed E-state index contributed by atoms with van der Waals surface area (Å²) in [6, 6.07) is 0. The number of hydrogen-bond acceptors (Lipinski definition) is 4. The number of halogens is 2. The molecule has 0 unspecified atom stereocenters. The van der Waals surface area contributed by atoms with Crippen molar-refractivity contribution in [1.29, 1.82) is 0 Å². The van der Waals surface area contributed by atoms with E-state index in [4.69, 9.17) is 4.74 Å². The fourth-order valence-corrected chi connectivity index (χ4v) is 0.981. The van der Waals surface area contributed by atoms with Crippen molar-refractivity contribution >= 4 is 11.9 Å². The molecular weight excluding hydrogens is 248 g/mol. The Morgan fingerprint density at radius 3 is 2.44 bits per heavy atom. The van der Waals surface area contributed by atoms with Crippen LogP contribution >= 0.6 is 0 Å². The van der Waals surface area contributed by atoms with Gasteiger partial charge in [0.1, 0.15) is 0 Å². The van der Waals surface area contributed by atoms with Crippen LogP contribution in [-0.4, -0.2) is 44.2 Å². The molecule has 7 heteroatoms. The minimum atomic E-state index is -4.16. The lowest BCUT2D eigenvalue weighted by molar-refractivity contribution is -0.177. The van der Waals surface area contributed by atoms with Crippen LogP contribution in [0.1, 0.15) is 20.8 Å². The number of ether oxygens (including phenoxy) is 2. The Hall–Kier alpha value is -1.24. The monoisotopic (exact) mass is 267 g/mol. The van der Waals surface area contributed by atoms with Crippen LogP contribution in [0.4, 0.5) is 8.78 Å².